The Morgan fingerprint density at radius 3 is 2.58 bits per heavy atom. The maximum atomic E-state index is 14.2. The number of nitrogens with zero attached hydrogens (tertiary/aromatic N) is 2. The number of ether oxygens (including phenoxy) is 3. The van der Waals surface area contributed by atoms with Gasteiger partial charge >= 0.3 is 11.9 Å². The number of carbonyl (C=O) groups excluding carboxylic acids is 2. The number of hydrogen-bond acceptors (Lipinski definition) is 8. The monoisotopic (exact) mass is 720 g/mol. The second kappa shape index (κ2) is 12.7. The number of H-pyrrole nitrogens is 2. The highest BCUT2D eigenvalue weighted by molar-refractivity contribution is 5.93. The normalized spacial score (nSPS) is 33.5. The molecule has 6 bridgehead atoms. The lowest BCUT2D eigenvalue weighted by atomic mass is 9.56. The van der Waals surface area contributed by atoms with Crippen molar-refractivity contribution in [2.24, 2.45) is 23.7 Å². The molecule has 0 amide bonds. The maximum Gasteiger partial charge on any atom is 0.319 e. The number of nitrogens with one attached hydrogen (secondary N) is 2. The topological polar surface area (TPSA) is 120 Å². The number of likely N-dealkylation sites (tertiary alicyclic amines) is 1. The molecule has 0 spiro atoms. The van der Waals surface area contributed by atoms with Gasteiger partial charge in [0.25, 0.3) is 0 Å². The predicted octanol–water partition coefficient (Wildman–Crippen LogP) is 5.46. The van der Waals surface area contributed by atoms with Gasteiger partial charge in [-0.1, -0.05) is 29.8 Å². The quantitative estimate of drug-likeness (QED) is 0.184. The van der Waals surface area contributed by atoms with Crippen molar-refractivity contribution in [1.82, 2.24) is 19.8 Å². The first-order chi connectivity index (χ1) is 25.6. The zero-order chi connectivity index (χ0) is 36.9. The van der Waals surface area contributed by atoms with Crippen molar-refractivity contribution >= 4 is 33.7 Å². The van der Waals surface area contributed by atoms with Gasteiger partial charge in [-0.3, -0.25) is 19.4 Å². The molecule has 3 N–H and O–H groups in total. The molecule has 2 aromatic carbocycles. The molecular formula is C43H52N4O6. The highest BCUT2D eigenvalue weighted by Gasteiger charge is 2.64. The van der Waals surface area contributed by atoms with Crippen LogP contribution in [0.25, 0.3) is 21.8 Å². The highest BCUT2D eigenvalue weighted by Crippen LogP contribution is 2.56. The average Bonchev–Trinajstić information content (AvgIpc) is 3.69. The number of aromatic amines is 2. The van der Waals surface area contributed by atoms with Crippen LogP contribution in [0, 0.1) is 23.7 Å². The Morgan fingerprint density at radius 2 is 1.85 bits per heavy atom. The zero-order valence-electron chi connectivity index (χ0n) is 31.7. The van der Waals surface area contributed by atoms with E-state index in [1.54, 1.807) is 7.11 Å². The Kier molecular flexibility index (Phi) is 8.33. The van der Waals surface area contributed by atoms with Crippen LogP contribution in [0.15, 0.2) is 48.0 Å². The Bertz CT molecular complexity index is 2150. The summed E-state index contributed by atoms with van der Waals surface area (Å²) in [4.78, 5) is 40.5. The molecule has 2 aromatic heterocycles. The summed E-state index contributed by atoms with van der Waals surface area (Å²) < 4.78 is 17.6. The first-order valence-electron chi connectivity index (χ1n) is 19.4. The molecule has 3 saturated heterocycles. The Hall–Kier alpha value is -4.12. The van der Waals surface area contributed by atoms with E-state index >= 15 is 0 Å². The van der Waals surface area contributed by atoms with Crippen molar-refractivity contribution in [3.63, 3.8) is 0 Å². The molecule has 4 aliphatic heterocycles. The van der Waals surface area contributed by atoms with Gasteiger partial charge in [0, 0.05) is 82.3 Å². The number of aliphatic hydroxyl groups is 1. The van der Waals surface area contributed by atoms with Crippen LogP contribution in [-0.2, 0) is 37.3 Å². The summed E-state index contributed by atoms with van der Waals surface area (Å²) >= 11 is 0. The lowest BCUT2D eigenvalue weighted by Crippen LogP contribution is -2.68. The van der Waals surface area contributed by atoms with Crippen molar-refractivity contribution in [2.75, 3.05) is 48.0 Å². The summed E-state index contributed by atoms with van der Waals surface area (Å²) in [6.45, 7) is 6.50. The van der Waals surface area contributed by atoms with Crippen LogP contribution in [-0.4, -0.2) is 103 Å². The van der Waals surface area contributed by atoms with Gasteiger partial charge in [-0.05, 0) is 94.2 Å². The third-order valence-electron chi connectivity index (χ3n) is 14.2. The van der Waals surface area contributed by atoms with E-state index in [-0.39, 0.29) is 47.7 Å². The minimum atomic E-state index is -0.905. The van der Waals surface area contributed by atoms with Crippen LogP contribution in [0.5, 0.6) is 5.75 Å². The summed E-state index contributed by atoms with van der Waals surface area (Å²) in [7, 11) is 6.87. The largest absolute Gasteiger partial charge is 0.496 e. The SMILES string of the molecule is C/C=C1/CN(C)[C@@H]2Cc3c([nH]c4ccccc34)C(c3cc4[nH]c5c(c4cc3OC)CCN3C[C@H]4C[C@H]([C@@H](C)O)[C@H]3[C@@]5(C(=O)OC)C4)CC1C2C(=O)OC. The van der Waals surface area contributed by atoms with Gasteiger partial charge in [-0.15, -0.1) is 0 Å². The molecule has 0 radical (unpaired) electrons. The molecule has 6 aliphatic rings. The molecule has 4 unspecified atom stereocenters. The van der Waals surface area contributed by atoms with Crippen LogP contribution in [0.3, 0.4) is 0 Å². The van der Waals surface area contributed by atoms with Crippen molar-refractivity contribution < 1.29 is 28.9 Å². The number of rotatable bonds is 5. The van der Waals surface area contributed by atoms with Gasteiger partial charge in [0.2, 0.25) is 0 Å². The van der Waals surface area contributed by atoms with Gasteiger partial charge in [0.1, 0.15) is 11.2 Å². The second-order valence-corrected chi connectivity index (χ2v) is 16.5. The molecule has 2 aliphatic carbocycles. The minimum Gasteiger partial charge on any atom is -0.496 e. The molecule has 10 nitrogen and oxygen atoms in total. The third-order valence-corrected chi connectivity index (χ3v) is 14.2. The summed E-state index contributed by atoms with van der Waals surface area (Å²) in [6.07, 6.45) is 5.47. The predicted molar refractivity (Wildman–Crippen MR) is 203 cm³/mol. The number of benzene rings is 2. The summed E-state index contributed by atoms with van der Waals surface area (Å²) in [5.41, 5.74) is 7.90. The summed E-state index contributed by atoms with van der Waals surface area (Å²) in [5.74, 6) is 0.199. The first-order valence-corrected chi connectivity index (χ1v) is 19.4. The fourth-order valence-electron chi connectivity index (χ4n) is 12.0. The lowest BCUT2D eigenvalue weighted by molar-refractivity contribution is -0.166. The molecule has 6 heterocycles. The van der Waals surface area contributed by atoms with Crippen LogP contribution in [0.4, 0.5) is 0 Å². The molecule has 10 atom stereocenters. The first kappa shape index (κ1) is 34.6. The summed E-state index contributed by atoms with van der Waals surface area (Å²) in [6, 6.07) is 12.7. The number of fused-ring (bicyclic) bond motifs is 9. The number of esters is 2. The molecular weight excluding hydrogens is 668 g/mol. The Morgan fingerprint density at radius 1 is 1.04 bits per heavy atom. The molecule has 10 heteroatoms. The number of hydrogen-bond donors (Lipinski definition) is 3. The van der Waals surface area contributed by atoms with E-state index in [2.05, 4.69) is 76.2 Å². The zero-order valence-corrected chi connectivity index (χ0v) is 31.7. The third kappa shape index (κ3) is 4.94. The molecule has 280 valence electrons. The molecule has 4 fully saturated rings. The van der Waals surface area contributed by atoms with Gasteiger partial charge in [-0.2, -0.15) is 0 Å². The minimum absolute atomic E-state index is 0.0103. The number of para-hydroxylation sites is 1. The second-order valence-electron chi connectivity index (χ2n) is 16.5. The smallest absolute Gasteiger partial charge is 0.319 e. The van der Waals surface area contributed by atoms with E-state index in [9.17, 15) is 14.7 Å². The summed E-state index contributed by atoms with van der Waals surface area (Å²) in [5, 5.41) is 13.3. The van der Waals surface area contributed by atoms with E-state index in [0.29, 0.717) is 25.2 Å². The fraction of sp³-hybridized carbons (Fsp3) is 0.535. The lowest BCUT2D eigenvalue weighted by Gasteiger charge is -2.58. The molecule has 53 heavy (non-hydrogen) atoms. The van der Waals surface area contributed by atoms with Crippen molar-refractivity contribution in [3.8, 4) is 5.75 Å². The van der Waals surface area contributed by atoms with Crippen molar-refractivity contribution in [3.05, 3.63) is 76.1 Å². The number of aliphatic hydroxyl groups excluding tert-OH is 1. The van der Waals surface area contributed by atoms with Crippen LogP contribution >= 0.6 is 0 Å². The number of aromatic nitrogens is 2. The van der Waals surface area contributed by atoms with E-state index < -0.39 is 11.5 Å². The number of methoxy groups -OCH3 is 3. The van der Waals surface area contributed by atoms with Crippen LogP contribution in [0.2, 0.25) is 0 Å². The van der Waals surface area contributed by atoms with E-state index in [1.807, 2.05) is 6.92 Å². The van der Waals surface area contributed by atoms with E-state index in [0.717, 1.165) is 77.2 Å². The van der Waals surface area contributed by atoms with Gasteiger partial charge in [-0.25, -0.2) is 0 Å². The number of allylic oxidation sites excluding steroid dienone is 1. The molecule has 10 rings (SSSR count). The average molecular weight is 721 g/mol. The number of piperidine rings is 3. The maximum absolute atomic E-state index is 14.2. The number of likely N-dealkylation sites (N-methyl/N-ethyl adjacent to an activating group) is 1. The van der Waals surface area contributed by atoms with Gasteiger partial charge in [0.05, 0.1) is 33.4 Å². The molecule has 4 aromatic rings. The van der Waals surface area contributed by atoms with Crippen molar-refractivity contribution in [1.29, 1.82) is 0 Å². The fourth-order valence-corrected chi connectivity index (χ4v) is 12.0. The van der Waals surface area contributed by atoms with E-state index in [4.69, 9.17) is 14.2 Å². The molecule has 1 saturated carbocycles. The number of carbonyl (C=O) groups is 2. The Balaban J connectivity index is 1.26. The van der Waals surface area contributed by atoms with Gasteiger partial charge in [0.15, 0.2) is 0 Å². The standard InChI is InChI=1S/C43H52N4O6/c1-7-24-21-46(3)35-17-32-25-10-8-9-11-33(25)44-38(32)31(15-28(24)37(35)41(49)52-5)30-16-34-29(18-36(30)51-4)26-12-13-47-20-23-14-27(22(2)48)40(47)43(19-23,39(26)45-34)42(50)53-6/h7-11,16,18,22-23,27-28,31,35,37,40,44-45,48H,12-15,17,19-21H2,1-6H3/b24-7-/t22-,23+,27-,28?,31?,35-,37?,40+,43-/m1/s1. The van der Waals surface area contributed by atoms with Crippen molar-refractivity contribution in [2.45, 2.75) is 75.5 Å². The van der Waals surface area contributed by atoms with Crippen LogP contribution in [0.1, 0.15) is 67.1 Å². The van der Waals surface area contributed by atoms with Gasteiger partial charge < -0.3 is 29.3 Å². The van der Waals surface area contributed by atoms with Crippen LogP contribution < -0.4 is 4.74 Å². The Labute approximate surface area is 310 Å². The van der Waals surface area contributed by atoms with E-state index in [1.165, 1.54) is 30.7 Å². The highest BCUT2D eigenvalue weighted by atomic mass is 16.5.